The van der Waals surface area contributed by atoms with E-state index in [9.17, 15) is 9.59 Å². The summed E-state index contributed by atoms with van der Waals surface area (Å²) in [4.78, 5) is 26.4. The van der Waals surface area contributed by atoms with E-state index in [0.29, 0.717) is 33.3 Å². The van der Waals surface area contributed by atoms with E-state index in [1.165, 1.54) is 23.1 Å². The number of hydrogen-bond acceptors (Lipinski definition) is 7. The van der Waals surface area contributed by atoms with E-state index in [-0.39, 0.29) is 23.6 Å². The van der Waals surface area contributed by atoms with Crippen molar-refractivity contribution in [2.75, 3.05) is 16.0 Å². The Labute approximate surface area is 193 Å². The van der Waals surface area contributed by atoms with Crippen molar-refractivity contribution in [3.63, 3.8) is 0 Å². The van der Waals surface area contributed by atoms with Gasteiger partial charge in [-0.05, 0) is 24.5 Å². The predicted octanol–water partition coefficient (Wildman–Crippen LogP) is 4.07. The fraction of sp³-hybridized carbons (Fsp3) is 0.350. The molecule has 3 aromatic rings. The normalized spacial score (nSPS) is 13.2. The minimum Gasteiger partial charge on any atom is -0.310 e. The zero-order valence-corrected chi connectivity index (χ0v) is 19.2. The molecule has 1 N–H and O–H groups in total. The van der Waals surface area contributed by atoms with Crippen LogP contribution >= 0.6 is 34.7 Å². The first-order valence-electron chi connectivity index (χ1n) is 9.88. The van der Waals surface area contributed by atoms with E-state index in [2.05, 4.69) is 20.6 Å². The number of aromatic nitrogens is 4. The minimum absolute atomic E-state index is 0.0553. The summed E-state index contributed by atoms with van der Waals surface area (Å²) in [5.41, 5.74) is 0.918. The van der Waals surface area contributed by atoms with Crippen LogP contribution in [0.15, 0.2) is 40.9 Å². The fourth-order valence-corrected chi connectivity index (χ4v) is 4.91. The molecule has 162 valence electrons. The first kappa shape index (κ1) is 21.8. The van der Waals surface area contributed by atoms with Gasteiger partial charge in [0.15, 0.2) is 4.34 Å². The molecule has 0 unspecified atom stereocenters. The summed E-state index contributed by atoms with van der Waals surface area (Å²) in [6.45, 7) is 2.30. The molecule has 1 saturated carbocycles. The quantitative estimate of drug-likeness (QED) is 0.369. The Morgan fingerprint density at radius 1 is 1.29 bits per heavy atom. The van der Waals surface area contributed by atoms with Crippen LogP contribution in [0, 0.1) is 0 Å². The Kier molecular flexibility index (Phi) is 6.89. The van der Waals surface area contributed by atoms with Gasteiger partial charge in [-0.3, -0.25) is 14.5 Å². The van der Waals surface area contributed by atoms with Gasteiger partial charge >= 0.3 is 0 Å². The molecule has 1 aliphatic carbocycles. The number of benzene rings is 1. The van der Waals surface area contributed by atoms with Gasteiger partial charge in [0.1, 0.15) is 5.82 Å². The van der Waals surface area contributed by atoms with Crippen LogP contribution in [0.3, 0.4) is 0 Å². The molecule has 1 fully saturated rings. The highest BCUT2D eigenvalue weighted by Gasteiger charge is 2.35. The summed E-state index contributed by atoms with van der Waals surface area (Å²) < 4.78 is 2.35. The van der Waals surface area contributed by atoms with Gasteiger partial charge in [0.05, 0.1) is 18.5 Å². The van der Waals surface area contributed by atoms with Crippen LogP contribution in [0.5, 0.6) is 0 Å². The topological polar surface area (TPSA) is 93.0 Å². The van der Waals surface area contributed by atoms with E-state index in [1.54, 1.807) is 21.8 Å². The molecular formula is C20H21ClN6O2S2. The molecule has 0 atom stereocenters. The maximum Gasteiger partial charge on any atom is 0.235 e. The average molecular weight is 477 g/mol. The van der Waals surface area contributed by atoms with Gasteiger partial charge in [-0.25, -0.2) is 4.68 Å². The second kappa shape index (κ2) is 9.80. The number of nitrogens with one attached hydrogen (secondary N) is 1. The second-order valence-electron chi connectivity index (χ2n) is 7.00. The summed E-state index contributed by atoms with van der Waals surface area (Å²) >= 11 is 8.86. The Bertz CT molecular complexity index is 1080. The average Bonchev–Trinajstić information content (AvgIpc) is 3.32. The maximum atomic E-state index is 12.5. The van der Waals surface area contributed by atoms with Crippen molar-refractivity contribution in [3.05, 3.63) is 47.1 Å². The standard InChI is InChI=1S/C20H21ClN6O2S2/c1-2-18(29)27(14-7-8-14)19-24-25-20(31-19)30-12-17(28)23-16-9-10-22-26(16)11-13-5-3-4-6-15(13)21/h3-6,9-10,14H,2,7-8,11-12H2,1H3,(H,23,28). The lowest BCUT2D eigenvalue weighted by atomic mass is 10.2. The van der Waals surface area contributed by atoms with Gasteiger partial charge in [0.25, 0.3) is 0 Å². The van der Waals surface area contributed by atoms with E-state index in [4.69, 9.17) is 11.6 Å². The second-order valence-corrected chi connectivity index (χ2v) is 9.59. The lowest BCUT2D eigenvalue weighted by Crippen LogP contribution is -2.32. The van der Waals surface area contributed by atoms with Gasteiger partial charge in [-0.2, -0.15) is 5.10 Å². The Morgan fingerprint density at radius 2 is 2.10 bits per heavy atom. The molecule has 2 amide bonds. The number of carbonyl (C=O) groups is 2. The molecule has 0 spiro atoms. The smallest absolute Gasteiger partial charge is 0.235 e. The van der Waals surface area contributed by atoms with Crippen molar-refractivity contribution in [2.24, 2.45) is 0 Å². The third kappa shape index (κ3) is 5.44. The third-order valence-corrected chi connectivity index (χ3v) is 7.10. The molecule has 4 rings (SSSR count). The van der Waals surface area contributed by atoms with Crippen molar-refractivity contribution in [3.8, 4) is 0 Å². The molecule has 1 aromatic carbocycles. The Balaban J connectivity index is 1.34. The number of thioether (sulfide) groups is 1. The summed E-state index contributed by atoms with van der Waals surface area (Å²) in [6.07, 6.45) is 4.06. The number of rotatable bonds is 9. The van der Waals surface area contributed by atoms with E-state index in [0.717, 1.165) is 18.4 Å². The molecule has 11 heteroatoms. The van der Waals surface area contributed by atoms with E-state index < -0.39 is 0 Å². The Morgan fingerprint density at radius 3 is 2.84 bits per heavy atom. The maximum absolute atomic E-state index is 12.5. The van der Waals surface area contributed by atoms with E-state index in [1.807, 2.05) is 31.2 Å². The van der Waals surface area contributed by atoms with Crippen molar-refractivity contribution in [2.45, 2.75) is 43.1 Å². The summed E-state index contributed by atoms with van der Waals surface area (Å²) in [5, 5.41) is 16.7. The number of nitrogens with zero attached hydrogens (tertiary/aromatic N) is 5. The number of halogens is 1. The van der Waals surface area contributed by atoms with E-state index >= 15 is 0 Å². The van der Waals surface area contributed by atoms with Gasteiger partial charge in [0, 0.05) is 23.6 Å². The number of anilines is 2. The molecular weight excluding hydrogens is 456 g/mol. The van der Waals surface area contributed by atoms with Crippen molar-refractivity contribution in [1.82, 2.24) is 20.0 Å². The number of hydrogen-bond donors (Lipinski definition) is 1. The van der Waals surface area contributed by atoms with Gasteiger partial charge in [-0.15, -0.1) is 10.2 Å². The van der Waals surface area contributed by atoms with Gasteiger partial charge < -0.3 is 5.32 Å². The summed E-state index contributed by atoms with van der Waals surface area (Å²) in [7, 11) is 0. The highest BCUT2D eigenvalue weighted by Crippen LogP contribution is 2.36. The Hall–Kier alpha value is -2.43. The van der Waals surface area contributed by atoms with Crippen molar-refractivity contribution >= 4 is 57.5 Å². The number of carbonyl (C=O) groups excluding carboxylic acids is 2. The lowest BCUT2D eigenvalue weighted by molar-refractivity contribution is -0.118. The first-order valence-corrected chi connectivity index (χ1v) is 12.1. The molecule has 31 heavy (non-hydrogen) atoms. The van der Waals surface area contributed by atoms with Crippen LogP contribution in [-0.4, -0.2) is 43.6 Å². The van der Waals surface area contributed by atoms with Crippen LogP contribution in [0.25, 0.3) is 0 Å². The molecule has 0 saturated heterocycles. The van der Waals surface area contributed by atoms with Crippen LogP contribution in [-0.2, 0) is 16.1 Å². The number of amides is 2. The monoisotopic (exact) mass is 476 g/mol. The molecule has 1 aliphatic rings. The lowest BCUT2D eigenvalue weighted by Gasteiger charge is -2.17. The van der Waals surface area contributed by atoms with Crippen LogP contribution < -0.4 is 10.2 Å². The fourth-order valence-electron chi connectivity index (χ4n) is 2.99. The molecule has 2 aromatic heterocycles. The van der Waals surface area contributed by atoms with Crippen LogP contribution in [0.1, 0.15) is 31.7 Å². The van der Waals surface area contributed by atoms with Gasteiger partial charge in [-0.1, -0.05) is 59.8 Å². The predicted molar refractivity (Wildman–Crippen MR) is 123 cm³/mol. The summed E-state index contributed by atoms with van der Waals surface area (Å²) in [5.74, 6) is 0.653. The SMILES string of the molecule is CCC(=O)N(c1nnc(SCC(=O)Nc2ccnn2Cc2ccccc2Cl)s1)C1CC1. The summed E-state index contributed by atoms with van der Waals surface area (Å²) in [6, 6.07) is 9.51. The zero-order chi connectivity index (χ0) is 21.8. The molecule has 0 aliphatic heterocycles. The van der Waals surface area contributed by atoms with Crippen molar-refractivity contribution in [1.29, 1.82) is 0 Å². The minimum atomic E-state index is -0.175. The van der Waals surface area contributed by atoms with Crippen LogP contribution in [0.4, 0.5) is 10.9 Å². The molecule has 0 bridgehead atoms. The highest BCUT2D eigenvalue weighted by molar-refractivity contribution is 8.01. The van der Waals surface area contributed by atoms with Gasteiger partial charge in [0.2, 0.25) is 16.9 Å². The third-order valence-electron chi connectivity index (χ3n) is 4.67. The zero-order valence-electron chi connectivity index (χ0n) is 16.8. The largest absolute Gasteiger partial charge is 0.310 e. The van der Waals surface area contributed by atoms with Crippen molar-refractivity contribution < 1.29 is 9.59 Å². The molecule has 0 radical (unpaired) electrons. The van der Waals surface area contributed by atoms with Crippen LogP contribution in [0.2, 0.25) is 5.02 Å². The first-order chi connectivity index (χ1) is 15.0. The molecule has 2 heterocycles. The molecule has 8 nitrogen and oxygen atoms in total. The highest BCUT2D eigenvalue weighted by atomic mass is 35.5.